The minimum Gasteiger partial charge on any atom is -0.504 e. The molecule has 0 saturated carbocycles. The molecular weight excluding hydrogens is 376 g/mol. The number of hydrogen-bond acceptors (Lipinski definition) is 10. The van der Waals surface area contributed by atoms with E-state index in [4.69, 9.17) is 44.0 Å². The number of phenolic OH excluding ortho intramolecular Hbond substituents is 4. The van der Waals surface area contributed by atoms with E-state index < -0.39 is 5.75 Å². The summed E-state index contributed by atoms with van der Waals surface area (Å²) < 4.78 is 10.5. The highest BCUT2D eigenvalue weighted by molar-refractivity contribution is 5.53. The van der Waals surface area contributed by atoms with Gasteiger partial charge < -0.3 is 29.9 Å². The number of benzene rings is 2. The lowest BCUT2D eigenvalue weighted by molar-refractivity contribution is -0.193. The van der Waals surface area contributed by atoms with Gasteiger partial charge in [-0.25, -0.2) is 0 Å². The Balaban J connectivity index is 0.000000413. The molecule has 0 radical (unpaired) electrons. The molecule has 2 aromatic rings. The highest BCUT2D eigenvalue weighted by Crippen LogP contribution is 2.39. The number of fused-ring (bicyclic) bond motifs is 1. The topological polar surface area (TPSA) is 168 Å². The Morgan fingerprint density at radius 2 is 1.11 bits per heavy atom. The van der Waals surface area contributed by atoms with E-state index in [0.717, 1.165) is 5.56 Å². The largest absolute Gasteiger partial charge is 0.504 e. The molecule has 1 heterocycles. The molecule has 0 aromatic heterocycles. The molecule has 3 rings (SSSR count). The second kappa shape index (κ2) is 12.4. The molecule has 0 saturated heterocycles. The Hall–Kier alpha value is -4.00. The van der Waals surface area contributed by atoms with Crippen LogP contribution < -0.4 is 9.47 Å². The highest BCUT2D eigenvalue weighted by atomic mass is 16.6. The summed E-state index contributed by atoms with van der Waals surface area (Å²) in [5, 5.41) is 36.0. The Morgan fingerprint density at radius 3 is 1.61 bits per heavy atom. The maximum Gasteiger partial charge on any atom is 0.373 e. The Kier molecular flexibility index (Phi) is 10.6. The van der Waals surface area contributed by atoms with Crippen molar-refractivity contribution < 1.29 is 49.1 Å². The van der Waals surface area contributed by atoms with E-state index in [1.165, 1.54) is 12.1 Å². The van der Waals surface area contributed by atoms with Gasteiger partial charge in [0.2, 0.25) is 5.75 Å². The maximum absolute atomic E-state index is 9.43. The molecule has 0 amide bonds. The summed E-state index contributed by atoms with van der Waals surface area (Å²) in [7, 11) is 0. The smallest absolute Gasteiger partial charge is 0.373 e. The number of phenols is 4. The SMILES string of the molecule is Cc1cc(O)c(O)c(O)c1.Cc1cc(O)c2c(c1)OCCO2.O=C=O.O=C=O. The van der Waals surface area contributed by atoms with E-state index in [1.54, 1.807) is 13.0 Å². The Morgan fingerprint density at radius 1 is 0.714 bits per heavy atom. The standard InChI is InChI=1S/C9H10O3.C7H8O3.2CO2/c1-6-4-7(10)9-8(5-6)11-2-3-12-9;1-4-2-5(8)7(10)6(9)3-4;2*2-1-3/h4-5,10H,2-3H2,1H3;2-3,8-10H,1H3;;. The third-order valence-corrected chi connectivity index (χ3v) is 2.98. The first kappa shape index (κ1) is 24.0. The van der Waals surface area contributed by atoms with Crippen molar-refractivity contribution >= 4 is 12.3 Å². The number of carbonyl (C=O) groups excluding carboxylic acids is 4. The van der Waals surface area contributed by atoms with Crippen molar-refractivity contribution in [2.45, 2.75) is 13.8 Å². The van der Waals surface area contributed by atoms with E-state index in [9.17, 15) is 5.11 Å². The monoisotopic (exact) mass is 394 g/mol. The van der Waals surface area contributed by atoms with Crippen LogP contribution in [0.1, 0.15) is 11.1 Å². The fourth-order valence-electron chi connectivity index (χ4n) is 2.01. The first-order valence-corrected chi connectivity index (χ1v) is 7.51. The van der Waals surface area contributed by atoms with Gasteiger partial charge in [-0.05, 0) is 49.2 Å². The van der Waals surface area contributed by atoms with Gasteiger partial charge in [0.25, 0.3) is 0 Å². The minimum atomic E-state index is -0.467. The molecule has 0 bridgehead atoms. The second-order valence-electron chi connectivity index (χ2n) is 5.13. The molecule has 10 heteroatoms. The van der Waals surface area contributed by atoms with Gasteiger partial charge in [0.15, 0.2) is 28.7 Å². The van der Waals surface area contributed by atoms with Crippen LogP contribution in [0.25, 0.3) is 0 Å². The predicted molar refractivity (Wildman–Crippen MR) is 90.0 cm³/mol. The van der Waals surface area contributed by atoms with Crippen molar-refractivity contribution in [3.05, 3.63) is 35.4 Å². The molecule has 0 atom stereocenters. The summed E-state index contributed by atoms with van der Waals surface area (Å²) in [5.41, 5.74) is 1.67. The average Bonchev–Trinajstić information content (AvgIpc) is 2.61. The first-order valence-electron chi connectivity index (χ1n) is 7.51. The fraction of sp³-hybridized carbons (Fsp3) is 0.222. The summed E-state index contributed by atoms with van der Waals surface area (Å²) in [5.74, 6) is 0.205. The van der Waals surface area contributed by atoms with Crippen molar-refractivity contribution in [1.29, 1.82) is 0 Å². The summed E-state index contributed by atoms with van der Waals surface area (Å²) >= 11 is 0. The van der Waals surface area contributed by atoms with Gasteiger partial charge in [-0.1, -0.05) is 0 Å². The molecule has 4 N–H and O–H groups in total. The summed E-state index contributed by atoms with van der Waals surface area (Å²) in [6.07, 6.45) is 0.500. The molecule has 2 aromatic carbocycles. The average molecular weight is 394 g/mol. The molecule has 0 fully saturated rings. The molecule has 0 unspecified atom stereocenters. The maximum atomic E-state index is 9.43. The fourth-order valence-corrected chi connectivity index (χ4v) is 2.01. The van der Waals surface area contributed by atoms with Gasteiger partial charge in [-0.3, -0.25) is 0 Å². The summed E-state index contributed by atoms with van der Waals surface area (Å²) in [4.78, 5) is 32.5. The van der Waals surface area contributed by atoms with Crippen LogP contribution in [0, 0.1) is 13.8 Å². The Labute approximate surface area is 159 Å². The number of ether oxygens (including phenoxy) is 2. The molecule has 1 aliphatic rings. The van der Waals surface area contributed by atoms with Crippen LogP contribution >= 0.6 is 0 Å². The lowest BCUT2D eigenvalue weighted by Crippen LogP contribution is -2.15. The lowest BCUT2D eigenvalue weighted by atomic mass is 10.2. The minimum absolute atomic E-state index is 0.157. The zero-order chi connectivity index (χ0) is 21.7. The number of rotatable bonds is 0. The van der Waals surface area contributed by atoms with Gasteiger partial charge in [-0.15, -0.1) is 0 Å². The number of aromatic hydroxyl groups is 4. The number of aryl methyl sites for hydroxylation is 2. The molecule has 150 valence electrons. The van der Waals surface area contributed by atoms with Crippen molar-refractivity contribution in [1.82, 2.24) is 0 Å². The van der Waals surface area contributed by atoms with Crippen LogP contribution in [0.2, 0.25) is 0 Å². The molecule has 10 nitrogen and oxygen atoms in total. The molecular formula is C18H18O10. The first-order chi connectivity index (χ1) is 13.2. The van der Waals surface area contributed by atoms with E-state index >= 15 is 0 Å². The van der Waals surface area contributed by atoms with E-state index in [-0.39, 0.29) is 29.6 Å². The summed E-state index contributed by atoms with van der Waals surface area (Å²) in [6, 6.07) is 6.26. The zero-order valence-corrected chi connectivity index (χ0v) is 15.0. The van der Waals surface area contributed by atoms with Gasteiger partial charge >= 0.3 is 12.3 Å². The molecule has 0 spiro atoms. The molecule has 0 aliphatic carbocycles. The molecule has 28 heavy (non-hydrogen) atoms. The second-order valence-corrected chi connectivity index (χ2v) is 5.13. The third kappa shape index (κ3) is 7.92. The van der Waals surface area contributed by atoms with Crippen LogP contribution in [0.3, 0.4) is 0 Å². The molecule has 1 aliphatic heterocycles. The van der Waals surface area contributed by atoms with Crippen molar-refractivity contribution in [3.63, 3.8) is 0 Å². The van der Waals surface area contributed by atoms with Gasteiger partial charge in [-0.2, -0.15) is 19.2 Å². The Bertz CT molecular complexity index is 813. The van der Waals surface area contributed by atoms with Crippen LogP contribution in [0.5, 0.6) is 34.5 Å². The quantitative estimate of drug-likeness (QED) is 0.479. The van der Waals surface area contributed by atoms with Crippen molar-refractivity contribution in [2.24, 2.45) is 0 Å². The summed E-state index contributed by atoms with van der Waals surface area (Å²) in [6.45, 7) is 4.66. The normalized spacial score (nSPS) is 10.2. The third-order valence-electron chi connectivity index (χ3n) is 2.98. The zero-order valence-electron chi connectivity index (χ0n) is 15.0. The van der Waals surface area contributed by atoms with Crippen molar-refractivity contribution in [3.8, 4) is 34.5 Å². The van der Waals surface area contributed by atoms with E-state index in [2.05, 4.69) is 0 Å². The predicted octanol–water partition coefficient (Wildman–Crippen LogP) is 1.42. The highest BCUT2D eigenvalue weighted by Gasteiger charge is 2.15. The number of hydrogen-bond donors (Lipinski definition) is 4. The van der Waals surface area contributed by atoms with Gasteiger partial charge in [0.1, 0.15) is 13.2 Å². The van der Waals surface area contributed by atoms with Crippen LogP contribution in [0.15, 0.2) is 24.3 Å². The van der Waals surface area contributed by atoms with Crippen LogP contribution in [-0.4, -0.2) is 45.9 Å². The van der Waals surface area contributed by atoms with Gasteiger partial charge in [0, 0.05) is 0 Å². The van der Waals surface area contributed by atoms with Crippen LogP contribution in [-0.2, 0) is 19.2 Å². The lowest BCUT2D eigenvalue weighted by Gasteiger charge is -2.19. The van der Waals surface area contributed by atoms with Crippen LogP contribution in [0.4, 0.5) is 0 Å². The van der Waals surface area contributed by atoms with E-state index in [0.29, 0.717) is 30.3 Å². The van der Waals surface area contributed by atoms with E-state index in [1.807, 2.05) is 13.0 Å². The van der Waals surface area contributed by atoms with Gasteiger partial charge in [0.05, 0.1) is 0 Å². The van der Waals surface area contributed by atoms with Crippen molar-refractivity contribution in [2.75, 3.05) is 13.2 Å².